The number of amides is 2. The van der Waals surface area contributed by atoms with Crippen molar-refractivity contribution in [3.63, 3.8) is 0 Å². The molecule has 2 rings (SSSR count). The number of ether oxygens (including phenoxy) is 1. The highest BCUT2D eigenvalue weighted by molar-refractivity contribution is 5.75. The second-order valence-corrected chi connectivity index (χ2v) is 6.04. The number of piperidine rings is 1. The Kier molecular flexibility index (Phi) is 6.91. The van der Waals surface area contributed by atoms with E-state index < -0.39 is 0 Å². The van der Waals surface area contributed by atoms with Gasteiger partial charge in [0.25, 0.3) is 0 Å². The molecular weight excluding hydrogens is 292 g/mol. The molecule has 1 aromatic rings. The first kappa shape index (κ1) is 17.3. The van der Waals surface area contributed by atoms with Crippen LogP contribution in [0.4, 0.5) is 4.79 Å². The number of hydrogen-bond acceptors (Lipinski definition) is 3. The van der Waals surface area contributed by atoms with Crippen LogP contribution in [-0.4, -0.2) is 43.6 Å². The zero-order valence-electron chi connectivity index (χ0n) is 13.8. The summed E-state index contributed by atoms with van der Waals surface area (Å²) in [6.07, 6.45) is 3.95. The van der Waals surface area contributed by atoms with Gasteiger partial charge in [-0.2, -0.15) is 0 Å². The summed E-state index contributed by atoms with van der Waals surface area (Å²) in [4.78, 5) is 25.0. The van der Waals surface area contributed by atoms with E-state index in [2.05, 4.69) is 17.4 Å². The molecular formula is C18H26N2O3. The van der Waals surface area contributed by atoms with Gasteiger partial charge in [0.1, 0.15) is 0 Å². The van der Waals surface area contributed by atoms with Crippen molar-refractivity contribution in [1.29, 1.82) is 0 Å². The Morgan fingerprint density at radius 1 is 1.22 bits per heavy atom. The standard InChI is InChI=1S/C18H26N2O3/c1-23-18(22)20-12-10-16(11-13-20)14-19-17(21)9-5-8-15-6-3-2-4-7-15/h2-4,6-7,16H,5,8-14H2,1H3,(H,19,21). The van der Waals surface area contributed by atoms with Crippen LogP contribution in [0, 0.1) is 5.92 Å². The minimum atomic E-state index is -0.256. The van der Waals surface area contributed by atoms with Crippen molar-refractivity contribution in [3.05, 3.63) is 35.9 Å². The molecule has 0 atom stereocenters. The van der Waals surface area contributed by atoms with Crippen molar-refractivity contribution in [1.82, 2.24) is 10.2 Å². The molecule has 5 heteroatoms. The topological polar surface area (TPSA) is 58.6 Å². The third-order valence-electron chi connectivity index (χ3n) is 4.35. The third-order valence-corrected chi connectivity index (χ3v) is 4.35. The zero-order valence-corrected chi connectivity index (χ0v) is 13.8. The monoisotopic (exact) mass is 318 g/mol. The highest BCUT2D eigenvalue weighted by atomic mass is 16.5. The number of methoxy groups -OCH3 is 1. The second-order valence-electron chi connectivity index (χ2n) is 6.04. The van der Waals surface area contributed by atoms with Crippen molar-refractivity contribution < 1.29 is 14.3 Å². The van der Waals surface area contributed by atoms with E-state index in [-0.39, 0.29) is 12.0 Å². The number of nitrogens with one attached hydrogen (secondary N) is 1. The van der Waals surface area contributed by atoms with E-state index in [0.717, 1.165) is 25.7 Å². The molecule has 0 saturated carbocycles. The summed E-state index contributed by atoms with van der Waals surface area (Å²) >= 11 is 0. The fraction of sp³-hybridized carbons (Fsp3) is 0.556. The minimum absolute atomic E-state index is 0.122. The third kappa shape index (κ3) is 5.93. The fourth-order valence-corrected chi connectivity index (χ4v) is 2.89. The second kappa shape index (κ2) is 9.18. The van der Waals surface area contributed by atoms with Gasteiger partial charge >= 0.3 is 6.09 Å². The van der Waals surface area contributed by atoms with Gasteiger partial charge in [0.2, 0.25) is 5.91 Å². The largest absolute Gasteiger partial charge is 0.453 e. The molecule has 0 aliphatic carbocycles. The Morgan fingerprint density at radius 3 is 2.57 bits per heavy atom. The molecule has 2 amide bonds. The zero-order chi connectivity index (χ0) is 16.5. The van der Waals surface area contributed by atoms with Crippen LogP contribution in [0.25, 0.3) is 0 Å². The molecule has 1 N–H and O–H groups in total. The van der Waals surface area contributed by atoms with E-state index in [4.69, 9.17) is 4.74 Å². The molecule has 1 aliphatic rings. The Bertz CT molecular complexity index is 496. The van der Waals surface area contributed by atoms with Crippen LogP contribution in [0.3, 0.4) is 0 Å². The van der Waals surface area contributed by atoms with Gasteiger partial charge in [0.05, 0.1) is 7.11 Å². The van der Waals surface area contributed by atoms with Crippen molar-refractivity contribution >= 4 is 12.0 Å². The highest BCUT2D eigenvalue weighted by Crippen LogP contribution is 2.17. The predicted molar refractivity (Wildman–Crippen MR) is 89.1 cm³/mol. The number of rotatable bonds is 6. The summed E-state index contributed by atoms with van der Waals surface area (Å²) < 4.78 is 4.72. The summed E-state index contributed by atoms with van der Waals surface area (Å²) in [5.41, 5.74) is 1.27. The predicted octanol–water partition coefficient (Wildman–Crippen LogP) is 2.60. The van der Waals surface area contributed by atoms with Crippen LogP contribution in [0.2, 0.25) is 0 Å². The first-order chi connectivity index (χ1) is 11.2. The number of hydrogen-bond donors (Lipinski definition) is 1. The van der Waals surface area contributed by atoms with Crippen molar-refractivity contribution in [2.45, 2.75) is 32.1 Å². The summed E-state index contributed by atoms with van der Waals surface area (Å²) in [6, 6.07) is 10.2. The van der Waals surface area contributed by atoms with Crippen LogP contribution in [0.5, 0.6) is 0 Å². The molecule has 1 saturated heterocycles. The molecule has 0 spiro atoms. The minimum Gasteiger partial charge on any atom is -0.453 e. The fourth-order valence-electron chi connectivity index (χ4n) is 2.89. The lowest BCUT2D eigenvalue weighted by molar-refractivity contribution is -0.121. The molecule has 0 bridgehead atoms. The van der Waals surface area contributed by atoms with E-state index in [1.807, 2.05) is 18.2 Å². The Labute approximate surface area is 138 Å². The molecule has 126 valence electrons. The van der Waals surface area contributed by atoms with Crippen molar-refractivity contribution in [2.24, 2.45) is 5.92 Å². The lowest BCUT2D eigenvalue weighted by Crippen LogP contribution is -2.41. The van der Waals surface area contributed by atoms with Gasteiger partial charge in [-0.05, 0) is 37.2 Å². The quantitative estimate of drug-likeness (QED) is 0.877. The number of carbonyl (C=O) groups is 2. The molecule has 0 radical (unpaired) electrons. The Hall–Kier alpha value is -2.04. The van der Waals surface area contributed by atoms with Gasteiger partial charge in [-0.3, -0.25) is 4.79 Å². The molecule has 23 heavy (non-hydrogen) atoms. The van der Waals surface area contributed by atoms with Crippen LogP contribution in [0.1, 0.15) is 31.2 Å². The molecule has 1 aromatic carbocycles. The summed E-state index contributed by atoms with van der Waals surface area (Å²) in [6.45, 7) is 2.13. The smallest absolute Gasteiger partial charge is 0.409 e. The summed E-state index contributed by atoms with van der Waals surface area (Å²) in [5.74, 6) is 0.574. The van der Waals surface area contributed by atoms with E-state index in [9.17, 15) is 9.59 Å². The van der Waals surface area contributed by atoms with Crippen LogP contribution >= 0.6 is 0 Å². The van der Waals surface area contributed by atoms with E-state index >= 15 is 0 Å². The van der Waals surface area contributed by atoms with E-state index in [1.54, 1.807) is 4.90 Å². The lowest BCUT2D eigenvalue weighted by atomic mass is 9.97. The summed E-state index contributed by atoms with van der Waals surface area (Å²) in [5, 5.41) is 3.02. The van der Waals surface area contributed by atoms with Gasteiger partial charge in [0, 0.05) is 26.1 Å². The van der Waals surface area contributed by atoms with E-state index in [1.165, 1.54) is 12.7 Å². The molecule has 0 aromatic heterocycles. The number of nitrogens with zero attached hydrogens (tertiary/aromatic N) is 1. The normalized spacial score (nSPS) is 15.3. The Morgan fingerprint density at radius 2 is 1.91 bits per heavy atom. The van der Waals surface area contributed by atoms with Crippen molar-refractivity contribution in [2.75, 3.05) is 26.7 Å². The maximum atomic E-state index is 11.9. The van der Waals surface area contributed by atoms with Crippen molar-refractivity contribution in [3.8, 4) is 0 Å². The summed E-state index contributed by atoms with van der Waals surface area (Å²) in [7, 11) is 1.41. The number of likely N-dealkylation sites (tertiary alicyclic amines) is 1. The number of benzene rings is 1. The van der Waals surface area contributed by atoms with Crippen LogP contribution in [-0.2, 0) is 16.0 Å². The van der Waals surface area contributed by atoms with Crippen LogP contribution < -0.4 is 5.32 Å². The maximum absolute atomic E-state index is 11.9. The first-order valence-corrected chi connectivity index (χ1v) is 8.32. The van der Waals surface area contributed by atoms with Gasteiger partial charge < -0.3 is 15.0 Å². The van der Waals surface area contributed by atoms with Gasteiger partial charge in [-0.1, -0.05) is 30.3 Å². The molecule has 1 aliphatic heterocycles. The molecule has 1 fully saturated rings. The lowest BCUT2D eigenvalue weighted by Gasteiger charge is -2.30. The van der Waals surface area contributed by atoms with Crippen LogP contribution in [0.15, 0.2) is 30.3 Å². The Balaban J connectivity index is 1.57. The average molecular weight is 318 g/mol. The molecule has 1 heterocycles. The van der Waals surface area contributed by atoms with E-state index in [0.29, 0.717) is 32.0 Å². The van der Waals surface area contributed by atoms with Gasteiger partial charge in [-0.25, -0.2) is 4.79 Å². The molecule has 5 nitrogen and oxygen atoms in total. The maximum Gasteiger partial charge on any atom is 0.409 e. The van der Waals surface area contributed by atoms with Gasteiger partial charge in [-0.15, -0.1) is 0 Å². The number of carbonyl (C=O) groups excluding carboxylic acids is 2. The highest BCUT2D eigenvalue weighted by Gasteiger charge is 2.23. The first-order valence-electron chi connectivity index (χ1n) is 8.32. The average Bonchev–Trinajstić information content (AvgIpc) is 2.60. The molecule has 0 unspecified atom stereocenters. The van der Waals surface area contributed by atoms with Gasteiger partial charge in [0.15, 0.2) is 0 Å². The number of aryl methyl sites for hydroxylation is 1. The SMILES string of the molecule is COC(=O)N1CCC(CNC(=O)CCCc2ccccc2)CC1.